The van der Waals surface area contributed by atoms with Gasteiger partial charge in [0.1, 0.15) is 0 Å². The van der Waals surface area contributed by atoms with Crippen molar-refractivity contribution in [1.29, 1.82) is 0 Å². The van der Waals surface area contributed by atoms with Crippen LogP contribution in [0.1, 0.15) is 23.2 Å². The number of piperidine rings is 1. The molecule has 2 amide bonds. The third-order valence-corrected chi connectivity index (χ3v) is 7.52. The Morgan fingerprint density at radius 2 is 1.50 bits per heavy atom. The van der Waals surface area contributed by atoms with Gasteiger partial charge < -0.3 is 16.0 Å². The van der Waals surface area contributed by atoms with Crippen LogP contribution in [0, 0.1) is 5.92 Å². The zero-order valence-electron chi connectivity index (χ0n) is 19.9. The Labute approximate surface area is 211 Å². The van der Waals surface area contributed by atoms with Gasteiger partial charge in [0.15, 0.2) is 0 Å². The van der Waals surface area contributed by atoms with E-state index in [1.54, 1.807) is 12.1 Å². The Morgan fingerprint density at radius 1 is 0.833 bits per heavy atom. The molecule has 1 aliphatic heterocycles. The van der Waals surface area contributed by atoms with Crippen LogP contribution in [0.5, 0.6) is 0 Å². The van der Waals surface area contributed by atoms with Gasteiger partial charge in [-0.1, -0.05) is 48.5 Å². The minimum Gasteiger partial charge on any atom is -0.354 e. The lowest BCUT2D eigenvalue weighted by Crippen LogP contribution is -2.40. The van der Waals surface area contributed by atoms with Gasteiger partial charge in [-0.25, -0.2) is 8.42 Å². The average Bonchev–Trinajstić information content (AvgIpc) is 2.92. The molecule has 1 heterocycles. The molecule has 0 bridgehead atoms. The molecule has 1 fully saturated rings. The van der Waals surface area contributed by atoms with E-state index in [1.807, 2.05) is 42.5 Å². The summed E-state index contributed by atoms with van der Waals surface area (Å²) in [6, 6.07) is 22.3. The minimum atomic E-state index is -3.88. The highest BCUT2D eigenvalue weighted by Crippen LogP contribution is 2.29. The van der Waals surface area contributed by atoms with E-state index in [2.05, 4.69) is 20.7 Å². The Morgan fingerprint density at radius 3 is 2.22 bits per heavy atom. The lowest BCUT2D eigenvalue weighted by molar-refractivity contribution is -0.120. The van der Waals surface area contributed by atoms with Crippen LogP contribution in [-0.4, -0.2) is 46.4 Å². The predicted octanol–water partition coefficient (Wildman–Crippen LogP) is 3.00. The van der Waals surface area contributed by atoms with E-state index in [1.165, 1.54) is 24.3 Å². The molecule has 36 heavy (non-hydrogen) atoms. The number of amides is 2. The van der Waals surface area contributed by atoms with Gasteiger partial charge >= 0.3 is 0 Å². The minimum absolute atomic E-state index is 0.0293. The number of rotatable bonds is 9. The first-order chi connectivity index (χ1) is 17.4. The second kappa shape index (κ2) is 11.8. The fourth-order valence-electron chi connectivity index (χ4n) is 4.10. The molecule has 188 valence electrons. The maximum Gasteiger partial charge on any atom is 0.261 e. The maximum atomic E-state index is 13.0. The van der Waals surface area contributed by atoms with Gasteiger partial charge in [-0.3, -0.25) is 14.3 Å². The summed E-state index contributed by atoms with van der Waals surface area (Å²) in [7, 11) is -3.88. The van der Waals surface area contributed by atoms with Crippen molar-refractivity contribution in [3.8, 4) is 11.1 Å². The molecule has 3 aromatic rings. The third-order valence-electron chi connectivity index (χ3n) is 6.14. The zero-order valence-corrected chi connectivity index (χ0v) is 20.7. The number of anilines is 1. The van der Waals surface area contributed by atoms with E-state index in [9.17, 15) is 18.0 Å². The number of benzene rings is 3. The first-order valence-electron chi connectivity index (χ1n) is 12.0. The molecule has 0 saturated carbocycles. The second-order valence-corrected chi connectivity index (χ2v) is 10.4. The SMILES string of the molecule is O=C(CNC(=O)c1ccc(S(=O)(=O)Nc2ccccc2-c2ccccc2)cc1)NCC1CCNCC1. The number of sulfonamides is 1. The quantitative estimate of drug-likeness (QED) is 0.356. The number of carbonyl (C=O) groups excluding carboxylic acids is 2. The summed E-state index contributed by atoms with van der Waals surface area (Å²) < 4.78 is 28.7. The van der Waals surface area contributed by atoms with Gasteiger partial charge in [0.05, 0.1) is 17.1 Å². The summed E-state index contributed by atoms with van der Waals surface area (Å²) in [6.45, 7) is 2.38. The van der Waals surface area contributed by atoms with E-state index in [0.29, 0.717) is 18.2 Å². The van der Waals surface area contributed by atoms with E-state index in [4.69, 9.17) is 0 Å². The van der Waals surface area contributed by atoms with E-state index in [-0.39, 0.29) is 22.9 Å². The van der Waals surface area contributed by atoms with Crippen LogP contribution in [-0.2, 0) is 14.8 Å². The molecule has 0 aromatic heterocycles. The lowest BCUT2D eigenvalue weighted by Gasteiger charge is -2.22. The monoisotopic (exact) mass is 506 g/mol. The molecular formula is C27H30N4O4S. The van der Waals surface area contributed by atoms with Gasteiger partial charge in [0.25, 0.3) is 15.9 Å². The van der Waals surface area contributed by atoms with Gasteiger partial charge in [-0.05, 0) is 67.7 Å². The summed E-state index contributed by atoms with van der Waals surface area (Å²) in [5.41, 5.74) is 2.38. The molecule has 9 heteroatoms. The van der Waals surface area contributed by atoms with Crippen LogP contribution in [0.25, 0.3) is 11.1 Å². The Hall–Kier alpha value is -3.69. The number of carbonyl (C=O) groups is 2. The summed E-state index contributed by atoms with van der Waals surface area (Å²) in [5, 5.41) is 8.72. The van der Waals surface area contributed by atoms with Crippen molar-refractivity contribution in [2.45, 2.75) is 17.7 Å². The second-order valence-electron chi connectivity index (χ2n) is 8.72. The van der Waals surface area contributed by atoms with Gasteiger partial charge in [0, 0.05) is 17.7 Å². The van der Waals surface area contributed by atoms with Crippen LogP contribution in [0.2, 0.25) is 0 Å². The molecule has 1 aliphatic rings. The normalized spacial score (nSPS) is 14.1. The molecule has 0 radical (unpaired) electrons. The topological polar surface area (TPSA) is 116 Å². The molecule has 3 aromatic carbocycles. The molecule has 0 atom stereocenters. The first-order valence-corrected chi connectivity index (χ1v) is 13.4. The maximum absolute atomic E-state index is 13.0. The van der Waals surface area contributed by atoms with Gasteiger partial charge in [0.2, 0.25) is 5.91 Å². The highest BCUT2D eigenvalue weighted by Gasteiger charge is 2.18. The van der Waals surface area contributed by atoms with Crippen LogP contribution < -0.4 is 20.7 Å². The average molecular weight is 507 g/mol. The zero-order chi connectivity index (χ0) is 25.4. The Balaban J connectivity index is 1.34. The van der Waals surface area contributed by atoms with Crippen LogP contribution in [0.15, 0.2) is 83.8 Å². The molecule has 4 N–H and O–H groups in total. The molecule has 0 spiro atoms. The fraction of sp³-hybridized carbons (Fsp3) is 0.259. The van der Waals surface area contributed by atoms with Crippen molar-refractivity contribution in [2.24, 2.45) is 5.92 Å². The molecule has 0 aliphatic carbocycles. The van der Waals surface area contributed by atoms with Crippen LogP contribution in [0.3, 0.4) is 0 Å². The highest BCUT2D eigenvalue weighted by atomic mass is 32.2. The standard InChI is InChI=1S/C27H30N4O4S/c32-26(29-18-20-14-16-28-17-15-20)19-30-27(33)22-10-12-23(13-11-22)36(34,35)31-25-9-5-4-8-24(25)21-6-2-1-3-7-21/h1-13,20,28,31H,14-19H2,(H,29,32)(H,30,33). The van der Waals surface area contributed by atoms with Crippen molar-refractivity contribution >= 4 is 27.5 Å². The lowest BCUT2D eigenvalue weighted by atomic mass is 9.98. The Bertz CT molecular complexity index is 1290. The molecule has 0 unspecified atom stereocenters. The van der Waals surface area contributed by atoms with Crippen molar-refractivity contribution in [1.82, 2.24) is 16.0 Å². The smallest absolute Gasteiger partial charge is 0.261 e. The van der Waals surface area contributed by atoms with Crippen molar-refractivity contribution in [3.63, 3.8) is 0 Å². The van der Waals surface area contributed by atoms with Crippen molar-refractivity contribution < 1.29 is 18.0 Å². The summed E-state index contributed by atoms with van der Waals surface area (Å²) >= 11 is 0. The summed E-state index contributed by atoms with van der Waals surface area (Å²) in [6.07, 6.45) is 2.04. The predicted molar refractivity (Wildman–Crippen MR) is 140 cm³/mol. The molecule has 4 rings (SSSR count). The Kier molecular flexibility index (Phi) is 8.35. The van der Waals surface area contributed by atoms with E-state index >= 15 is 0 Å². The number of hydrogen-bond acceptors (Lipinski definition) is 5. The molecule has 1 saturated heterocycles. The highest BCUT2D eigenvalue weighted by molar-refractivity contribution is 7.92. The first kappa shape index (κ1) is 25.4. The molecular weight excluding hydrogens is 476 g/mol. The van der Waals surface area contributed by atoms with Gasteiger partial charge in [-0.15, -0.1) is 0 Å². The van der Waals surface area contributed by atoms with Crippen LogP contribution >= 0.6 is 0 Å². The van der Waals surface area contributed by atoms with E-state index < -0.39 is 15.9 Å². The number of hydrogen-bond donors (Lipinski definition) is 4. The third kappa shape index (κ3) is 6.71. The van der Waals surface area contributed by atoms with E-state index in [0.717, 1.165) is 37.1 Å². The fourth-order valence-corrected chi connectivity index (χ4v) is 5.18. The summed E-state index contributed by atoms with van der Waals surface area (Å²) in [5.74, 6) is -0.241. The molecule has 8 nitrogen and oxygen atoms in total. The largest absolute Gasteiger partial charge is 0.354 e. The van der Waals surface area contributed by atoms with Crippen molar-refractivity contribution in [2.75, 3.05) is 30.9 Å². The van der Waals surface area contributed by atoms with Crippen LogP contribution in [0.4, 0.5) is 5.69 Å². The van der Waals surface area contributed by atoms with Gasteiger partial charge in [-0.2, -0.15) is 0 Å². The number of para-hydroxylation sites is 1. The number of nitrogens with one attached hydrogen (secondary N) is 4. The van der Waals surface area contributed by atoms with Crippen molar-refractivity contribution in [3.05, 3.63) is 84.4 Å². The summed E-state index contributed by atoms with van der Waals surface area (Å²) in [4.78, 5) is 24.6.